The summed E-state index contributed by atoms with van der Waals surface area (Å²) in [7, 11) is 0. The lowest BCUT2D eigenvalue weighted by Gasteiger charge is -2.28. The summed E-state index contributed by atoms with van der Waals surface area (Å²) in [6, 6.07) is 3.11. The van der Waals surface area contributed by atoms with Crippen LogP contribution in [0, 0.1) is 0 Å². The average molecular weight is 433 g/mol. The maximum atomic E-state index is 11.4. The molecule has 1 aromatic heterocycles. The van der Waals surface area contributed by atoms with Crippen LogP contribution in [0.1, 0.15) is 33.9 Å². The molecule has 11 heteroatoms. The van der Waals surface area contributed by atoms with E-state index >= 15 is 0 Å². The summed E-state index contributed by atoms with van der Waals surface area (Å²) in [6.07, 6.45) is -0.548. The van der Waals surface area contributed by atoms with Crippen molar-refractivity contribution >= 4 is 52.1 Å². The van der Waals surface area contributed by atoms with Crippen LogP contribution in [0.15, 0.2) is 18.5 Å². The molecule has 0 saturated carbocycles. The quantitative estimate of drug-likeness (QED) is 0.484. The van der Waals surface area contributed by atoms with Crippen LogP contribution in [0.2, 0.25) is 10.0 Å². The molecule has 0 amide bonds. The largest absolute Gasteiger partial charge is 0.458 e. The predicted molar refractivity (Wildman–Crippen MR) is 98.4 cm³/mol. The van der Waals surface area contributed by atoms with Crippen LogP contribution in [0.4, 0.5) is 0 Å². The highest BCUT2D eigenvalue weighted by Gasteiger charge is 2.30. The number of hydrogen-bond acceptors (Lipinski definition) is 8. The Morgan fingerprint density at radius 3 is 2.04 bits per heavy atom. The van der Waals surface area contributed by atoms with Gasteiger partial charge >= 0.3 is 24.4 Å². The fourth-order valence-corrected chi connectivity index (χ4v) is 2.73. The molecule has 0 aliphatic heterocycles. The van der Waals surface area contributed by atoms with Crippen molar-refractivity contribution in [1.82, 2.24) is 9.55 Å². The minimum atomic E-state index is -1.67. The van der Waals surface area contributed by atoms with Gasteiger partial charge < -0.3 is 14.2 Å². The number of rotatable bonds is 7. The lowest BCUT2D eigenvalue weighted by atomic mass is 10.3. The Morgan fingerprint density at radius 1 is 0.964 bits per heavy atom. The molecule has 0 bridgehead atoms. The number of esters is 3. The van der Waals surface area contributed by atoms with Crippen molar-refractivity contribution in [1.29, 1.82) is 0 Å². The van der Waals surface area contributed by atoms with Gasteiger partial charge in [-0.3, -0.25) is 23.7 Å². The average Bonchev–Trinajstić information content (AvgIpc) is 2.93. The van der Waals surface area contributed by atoms with Gasteiger partial charge in [-0.25, -0.2) is 4.98 Å². The molecule has 0 saturated heterocycles. The van der Waals surface area contributed by atoms with E-state index in [-0.39, 0.29) is 5.02 Å². The van der Waals surface area contributed by atoms with Crippen molar-refractivity contribution in [2.45, 2.75) is 46.5 Å². The SMILES string of the molecule is CC(=O)OC(OC(C)=O)O[C@H](C(C)OC(C)=O)n1cnc2cc(Cl)c(Cl)cc21. The normalized spacial score (nSPS) is 13.2. The Kier molecular flexibility index (Phi) is 7.22. The Balaban J connectivity index is 2.46. The lowest BCUT2D eigenvalue weighted by Crippen LogP contribution is -2.35. The summed E-state index contributed by atoms with van der Waals surface area (Å²) in [5, 5.41) is 0.578. The van der Waals surface area contributed by atoms with E-state index in [0.29, 0.717) is 16.1 Å². The van der Waals surface area contributed by atoms with Crippen molar-refractivity contribution in [2.24, 2.45) is 0 Å². The van der Waals surface area contributed by atoms with Crippen LogP contribution < -0.4 is 0 Å². The molecule has 0 N–H and O–H groups in total. The van der Waals surface area contributed by atoms with Gasteiger partial charge in [-0.1, -0.05) is 23.2 Å². The first kappa shape index (κ1) is 21.9. The fourth-order valence-electron chi connectivity index (χ4n) is 2.41. The van der Waals surface area contributed by atoms with Crippen LogP contribution in [0.3, 0.4) is 0 Å². The number of halogens is 2. The van der Waals surface area contributed by atoms with E-state index in [9.17, 15) is 14.4 Å². The number of benzene rings is 1. The minimum Gasteiger partial charge on any atom is -0.458 e. The summed E-state index contributed by atoms with van der Waals surface area (Å²) >= 11 is 12.1. The topological polar surface area (TPSA) is 106 Å². The van der Waals surface area contributed by atoms with E-state index in [4.69, 9.17) is 42.1 Å². The molecule has 0 aliphatic carbocycles. The Morgan fingerprint density at radius 2 is 1.50 bits per heavy atom. The number of hydrogen-bond donors (Lipinski definition) is 0. The van der Waals surface area contributed by atoms with Crippen LogP contribution >= 0.6 is 23.2 Å². The Labute approximate surface area is 170 Å². The first-order valence-electron chi connectivity index (χ1n) is 8.07. The molecule has 1 aromatic carbocycles. The van der Waals surface area contributed by atoms with Crippen molar-refractivity contribution in [2.75, 3.05) is 0 Å². The zero-order valence-electron chi connectivity index (χ0n) is 15.5. The number of imidazole rings is 1. The monoisotopic (exact) mass is 432 g/mol. The van der Waals surface area contributed by atoms with Crippen LogP contribution in [0.25, 0.3) is 11.0 Å². The highest BCUT2D eigenvalue weighted by atomic mass is 35.5. The molecule has 2 aromatic rings. The second-order valence-corrected chi connectivity index (χ2v) is 6.57. The molecule has 28 heavy (non-hydrogen) atoms. The highest BCUT2D eigenvalue weighted by Crippen LogP contribution is 2.31. The van der Waals surface area contributed by atoms with E-state index in [1.165, 1.54) is 17.8 Å². The number of carbonyl (C=O) groups is 3. The van der Waals surface area contributed by atoms with E-state index in [1.807, 2.05) is 0 Å². The van der Waals surface area contributed by atoms with Gasteiger partial charge in [0.05, 0.1) is 27.4 Å². The molecule has 2 atom stereocenters. The van der Waals surface area contributed by atoms with Crippen LogP contribution in [-0.2, 0) is 33.3 Å². The predicted octanol–water partition coefficient (Wildman–Crippen LogP) is 3.22. The van der Waals surface area contributed by atoms with E-state index < -0.39 is 36.7 Å². The third-order valence-electron chi connectivity index (χ3n) is 3.42. The summed E-state index contributed by atoms with van der Waals surface area (Å²) < 4.78 is 22.1. The maximum absolute atomic E-state index is 11.4. The van der Waals surface area contributed by atoms with E-state index in [1.54, 1.807) is 19.1 Å². The number of nitrogens with zero attached hydrogens (tertiary/aromatic N) is 2. The van der Waals surface area contributed by atoms with E-state index in [0.717, 1.165) is 13.8 Å². The summed E-state index contributed by atoms with van der Waals surface area (Å²) in [5.74, 6) is -2.05. The second kappa shape index (κ2) is 9.22. The molecule has 0 radical (unpaired) electrons. The first-order valence-corrected chi connectivity index (χ1v) is 8.82. The Hall–Kier alpha value is -2.36. The molecule has 0 spiro atoms. The van der Waals surface area contributed by atoms with E-state index in [2.05, 4.69) is 4.98 Å². The number of ether oxygens (including phenoxy) is 4. The number of carbonyl (C=O) groups excluding carboxylic acids is 3. The van der Waals surface area contributed by atoms with Crippen molar-refractivity contribution in [3.63, 3.8) is 0 Å². The third kappa shape index (κ3) is 5.57. The summed E-state index contributed by atoms with van der Waals surface area (Å²) in [6.45, 7) is 3.36. The molecule has 152 valence electrons. The molecule has 9 nitrogen and oxygen atoms in total. The zero-order valence-corrected chi connectivity index (χ0v) is 17.0. The minimum absolute atomic E-state index is 0.270. The van der Waals surface area contributed by atoms with Gasteiger partial charge in [0, 0.05) is 20.8 Å². The lowest BCUT2D eigenvalue weighted by molar-refractivity contribution is -0.299. The van der Waals surface area contributed by atoms with Gasteiger partial charge in [0.15, 0.2) is 6.23 Å². The molecule has 0 aliphatic rings. The third-order valence-corrected chi connectivity index (χ3v) is 4.14. The van der Waals surface area contributed by atoms with Gasteiger partial charge in [0.1, 0.15) is 6.10 Å². The standard InChI is InChI=1S/C17H18Cl2N2O7/c1-8(25-9(2)22)16(28-17(26-10(3)23)27-11(4)24)21-7-20-14-5-12(18)13(19)6-15(14)21/h5-8,16-17H,1-4H3/t8?,16-/m1/s1. The molecule has 1 heterocycles. The Bertz CT molecular complexity index is 883. The molecule has 1 unspecified atom stereocenters. The van der Waals surface area contributed by atoms with Gasteiger partial charge in [-0.2, -0.15) is 0 Å². The summed E-state index contributed by atoms with van der Waals surface area (Å²) in [4.78, 5) is 38.3. The zero-order chi connectivity index (χ0) is 21.0. The number of aromatic nitrogens is 2. The maximum Gasteiger partial charge on any atom is 0.366 e. The van der Waals surface area contributed by atoms with Crippen molar-refractivity contribution in [3.05, 3.63) is 28.5 Å². The molecular formula is C17H18Cl2N2O7. The smallest absolute Gasteiger partial charge is 0.366 e. The highest BCUT2D eigenvalue weighted by molar-refractivity contribution is 6.42. The molecular weight excluding hydrogens is 415 g/mol. The first-order chi connectivity index (χ1) is 13.1. The second-order valence-electron chi connectivity index (χ2n) is 5.76. The van der Waals surface area contributed by atoms with Crippen LogP contribution in [-0.4, -0.2) is 40.0 Å². The van der Waals surface area contributed by atoms with Gasteiger partial charge in [0.25, 0.3) is 0 Å². The van der Waals surface area contributed by atoms with Crippen molar-refractivity contribution < 1.29 is 33.3 Å². The number of fused-ring (bicyclic) bond motifs is 1. The van der Waals surface area contributed by atoms with Gasteiger partial charge in [-0.15, -0.1) is 0 Å². The van der Waals surface area contributed by atoms with Gasteiger partial charge in [-0.05, 0) is 19.1 Å². The molecule has 2 rings (SSSR count). The summed E-state index contributed by atoms with van der Waals surface area (Å²) in [5.41, 5.74) is 0.998. The fraction of sp³-hybridized carbons (Fsp3) is 0.412. The molecule has 0 fully saturated rings. The van der Waals surface area contributed by atoms with Crippen LogP contribution in [0.5, 0.6) is 0 Å². The van der Waals surface area contributed by atoms with Gasteiger partial charge in [0.2, 0.25) is 0 Å². The van der Waals surface area contributed by atoms with Crippen molar-refractivity contribution in [3.8, 4) is 0 Å².